The first-order chi connectivity index (χ1) is 23.0. The third-order valence-electron chi connectivity index (χ3n) is 9.83. The van der Waals surface area contributed by atoms with Crippen molar-refractivity contribution in [1.82, 2.24) is 10.3 Å². The monoisotopic (exact) mass is 649 g/mol. The molecule has 0 fully saturated rings. The number of fused-ring (bicyclic) bond motifs is 4. The van der Waals surface area contributed by atoms with E-state index in [2.05, 4.69) is 10.6 Å². The van der Waals surface area contributed by atoms with Crippen LogP contribution in [0.2, 0.25) is 0 Å². The maximum Gasteiger partial charge on any atom is 0.360 e. The van der Waals surface area contributed by atoms with Gasteiger partial charge in [0.15, 0.2) is 23.5 Å². The first-order valence-electron chi connectivity index (χ1n) is 16.4. The van der Waals surface area contributed by atoms with Crippen LogP contribution in [0.1, 0.15) is 79.0 Å². The summed E-state index contributed by atoms with van der Waals surface area (Å²) in [5.41, 5.74) is 4.00. The second kappa shape index (κ2) is 11.9. The number of esters is 1. The summed E-state index contributed by atoms with van der Waals surface area (Å²) < 4.78 is 18.6. The van der Waals surface area contributed by atoms with Gasteiger partial charge in [-0.3, -0.25) is 9.59 Å². The highest BCUT2D eigenvalue weighted by atomic mass is 16.5. The van der Waals surface area contributed by atoms with Crippen molar-refractivity contribution < 1.29 is 33.4 Å². The molecular weight excluding hydrogens is 610 g/mol. The average molecular weight is 650 g/mol. The molecule has 3 aromatic carbocycles. The van der Waals surface area contributed by atoms with Crippen molar-refractivity contribution in [1.29, 1.82) is 0 Å². The first-order valence-corrected chi connectivity index (χ1v) is 16.4. The van der Waals surface area contributed by atoms with E-state index < -0.39 is 41.5 Å². The van der Waals surface area contributed by atoms with Crippen LogP contribution < -0.4 is 15.4 Å². The van der Waals surface area contributed by atoms with Gasteiger partial charge >= 0.3 is 5.97 Å². The number of ketones is 1. The summed E-state index contributed by atoms with van der Waals surface area (Å²) in [5, 5.41) is 17.3. The number of Topliss-reactive ketones (excluding diaryl/α,β-unsaturated/α-hetero) is 1. The number of hydrogen-bond donors (Lipinski definition) is 3. The first kappa shape index (κ1) is 31.6. The number of rotatable bonds is 7. The Kier molecular flexibility index (Phi) is 7.86. The number of ether oxygens (including phenoxy) is 2. The van der Waals surface area contributed by atoms with Crippen LogP contribution >= 0.6 is 0 Å². The molecule has 0 aliphatic carbocycles. The smallest absolute Gasteiger partial charge is 0.360 e. The fraction of sp³-hybridized carbons (Fsp3) is 0.368. The zero-order valence-corrected chi connectivity index (χ0v) is 27.6. The molecule has 48 heavy (non-hydrogen) atoms. The molecule has 10 nitrogen and oxygen atoms in total. The van der Waals surface area contributed by atoms with Crippen molar-refractivity contribution in [2.75, 3.05) is 12.4 Å². The Morgan fingerprint density at radius 1 is 1.02 bits per heavy atom. The highest BCUT2D eigenvalue weighted by molar-refractivity contribution is 5.93. The Labute approximate surface area is 278 Å². The maximum atomic E-state index is 14.0. The van der Waals surface area contributed by atoms with Crippen LogP contribution in [-0.4, -0.2) is 47.2 Å². The van der Waals surface area contributed by atoms with Gasteiger partial charge in [-0.2, -0.15) is 0 Å². The van der Waals surface area contributed by atoms with Crippen molar-refractivity contribution >= 4 is 23.3 Å². The number of anilines is 1. The number of para-hydroxylation sites is 1. The molecule has 10 heteroatoms. The molecule has 1 spiro atoms. The standard InChI is InChI=1S/C38H39N3O7/c1-19(2)29-35-40-31(36(45)46-5)33(48-35)38-25-13-9-12-24(22-10-7-6-8-11-22)30(25)41-37(38)47-28-15-14-21(17-26(28)38)16-23(34(44)39-29)18-27(42)32(43)20(3)4/h6-15,17,19-20,23,29,32,37,41,43H,16,18H2,1-5H3,(H,39,44)/t23?,29-,32-,37-,38?/m0/s1. The van der Waals surface area contributed by atoms with Crippen molar-refractivity contribution in [3.05, 3.63) is 101 Å². The summed E-state index contributed by atoms with van der Waals surface area (Å²) in [6.45, 7) is 7.37. The number of methoxy groups -OCH3 is 1. The normalized spacial score (nSPS) is 22.8. The lowest BCUT2D eigenvalue weighted by Crippen LogP contribution is -2.41. The number of nitrogens with zero attached hydrogens (tertiary/aromatic N) is 1. The van der Waals surface area contributed by atoms with E-state index in [-0.39, 0.29) is 47.9 Å². The molecule has 4 bridgehead atoms. The zero-order valence-electron chi connectivity index (χ0n) is 27.6. The molecule has 0 saturated heterocycles. The van der Waals surface area contributed by atoms with Gasteiger partial charge < -0.3 is 29.6 Å². The molecule has 7 rings (SSSR count). The summed E-state index contributed by atoms with van der Waals surface area (Å²) in [4.78, 5) is 45.4. The van der Waals surface area contributed by atoms with E-state index in [0.29, 0.717) is 5.75 Å². The Hall–Kier alpha value is -4.96. The van der Waals surface area contributed by atoms with Gasteiger partial charge in [0, 0.05) is 34.7 Å². The van der Waals surface area contributed by atoms with Gasteiger partial charge in [0.1, 0.15) is 23.3 Å². The van der Waals surface area contributed by atoms with Gasteiger partial charge in [0.25, 0.3) is 0 Å². The predicted octanol–water partition coefficient (Wildman–Crippen LogP) is 5.57. The molecule has 1 aromatic heterocycles. The van der Waals surface area contributed by atoms with E-state index in [9.17, 15) is 19.5 Å². The summed E-state index contributed by atoms with van der Waals surface area (Å²) in [5.74, 6) is -1.73. The summed E-state index contributed by atoms with van der Waals surface area (Å²) in [6.07, 6.45) is -1.80. The number of carbonyl (C=O) groups excluding carboxylic acids is 3. The van der Waals surface area contributed by atoms with Gasteiger partial charge in [0.2, 0.25) is 11.8 Å². The van der Waals surface area contributed by atoms with Crippen LogP contribution in [0.3, 0.4) is 0 Å². The number of oxazole rings is 1. The summed E-state index contributed by atoms with van der Waals surface area (Å²) in [7, 11) is 1.30. The highest BCUT2D eigenvalue weighted by Gasteiger charge is 2.61. The molecule has 2 unspecified atom stereocenters. The van der Waals surface area contributed by atoms with Crippen molar-refractivity contribution in [2.45, 2.75) is 64.3 Å². The second-order valence-corrected chi connectivity index (χ2v) is 13.6. The Morgan fingerprint density at radius 2 is 1.79 bits per heavy atom. The van der Waals surface area contributed by atoms with E-state index in [1.165, 1.54) is 7.11 Å². The molecule has 3 N–H and O–H groups in total. The van der Waals surface area contributed by atoms with E-state index in [4.69, 9.17) is 18.9 Å². The summed E-state index contributed by atoms with van der Waals surface area (Å²) in [6, 6.07) is 21.0. The lowest BCUT2D eigenvalue weighted by molar-refractivity contribution is -0.135. The number of aliphatic hydroxyl groups excluding tert-OH is 1. The number of nitrogens with one attached hydrogen (secondary N) is 2. The molecular formula is C38H39N3O7. The van der Waals surface area contributed by atoms with Crippen LogP contribution in [0.25, 0.3) is 11.1 Å². The number of amides is 1. The highest BCUT2D eigenvalue weighted by Crippen LogP contribution is 2.60. The molecule has 248 valence electrons. The molecule has 3 aliphatic heterocycles. The minimum atomic E-state index is -1.19. The van der Waals surface area contributed by atoms with Crippen LogP contribution in [0.15, 0.2) is 71.1 Å². The average Bonchev–Trinajstić information content (AvgIpc) is 3.75. The maximum absolute atomic E-state index is 14.0. The molecule has 4 heterocycles. The number of aromatic nitrogens is 1. The molecule has 0 radical (unpaired) electrons. The fourth-order valence-electron chi connectivity index (χ4n) is 7.32. The number of carbonyl (C=O) groups is 3. The Bertz CT molecular complexity index is 1920. The molecule has 4 aromatic rings. The van der Waals surface area contributed by atoms with Crippen LogP contribution in [0.4, 0.5) is 5.69 Å². The van der Waals surface area contributed by atoms with E-state index in [0.717, 1.165) is 33.5 Å². The molecule has 1 amide bonds. The fourth-order valence-corrected chi connectivity index (χ4v) is 7.32. The van der Waals surface area contributed by atoms with Gasteiger partial charge in [-0.1, -0.05) is 88.4 Å². The lowest BCUT2D eigenvalue weighted by Gasteiger charge is -2.28. The third kappa shape index (κ3) is 4.89. The Morgan fingerprint density at radius 3 is 2.50 bits per heavy atom. The Balaban J connectivity index is 1.49. The van der Waals surface area contributed by atoms with Crippen LogP contribution in [-0.2, 0) is 26.2 Å². The van der Waals surface area contributed by atoms with E-state index >= 15 is 0 Å². The van der Waals surface area contributed by atoms with Gasteiger partial charge in [-0.05, 0) is 35.4 Å². The molecule has 0 saturated carbocycles. The van der Waals surface area contributed by atoms with E-state index in [1.54, 1.807) is 13.8 Å². The largest absolute Gasteiger partial charge is 0.469 e. The zero-order chi connectivity index (χ0) is 33.9. The SMILES string of the molecule is COC(=O)c1nc2oc1C13c4cc(ccc4O[C@@H]1Nc1c(-c4ccccc4)cccc13)CC(CC(=O)[C@@H](O)C(C)C)C(=O)N[C@H]2C(C)C. The minimum Gasteiger partial charge on any atom is -0.469 e. The number of benzene rings is 3. The molecule has 5 atom stereocenters. The van der Waals surface area contributed by atoms with Crippen LogP contribution in [0, 0.1) is 17.8 Å². The van der Waals surface area contributed by atoms with Gasteiger partial charge in [0.05, 0.1) is 7.11 Å². The van der Waals surface area contributed by atoms with Crippen molar-refractivity contribution in [2.24, 2.45) is 17.8 Å². The number of aliphatic hydroxyl groups is 1. The molecule has 3 aliphatic rings. The number of hydrogen-bond acceptors (Lipinski definition) is 9. The minimum absolute atomic E-state index is 0.00922. The van der Waals surface area contributed by atoms with Gasteiger partial charge in [-0.25, -0.2) is 9.78 Å². The summed E-state index contributed by atoms with van der Waals surface area (Å²) >= 11 is 0. The third-order valence-corrected chi connectivity index (χ3v) is 9.83. The van der Waals surface area contributed by atoms with Crippen molar-refractivity contribution in [3.63, 3.8) is 0 Å². The van der Waals surface area contributed by atoms with Crippen LogP contribution in [0.5, 0.6) is 5.75 Å². The topological polar surface area (TPSA) is 140 Å². The predicted molar refractivity (Wildman–Crippen MR) is 177 cm³/mol. The quantitative estimate of drug-likeness (QED) is 0.219. The van der Waals surface area contributed by atoms with E-state index in [1.807, 2.05) is 80.6 Å². The van der Waals surface area contributed by atoms with Crippen molar-refractivity contribution in [3.8, 4) is 16.9 Å². The van der Waals surface area contributed by atoms with Gasteiger partial charge in [-0.15, -0.1) is 0 Å². The second-order valence-electron chi connectivity index (χ2n) is 13.6. The lowest BCUT2D eigenvalue weighted by atomic mass is 9.72.